The van der Waals surface area contributed by atoms with Crippen molar-refractivity contribution in [2.75, 3.05) is 32.9 Å². The first-order valence-corrected chi connectivity index (χ1v) is 12.6. The highest BCUT2D eigenvalue weighted by Gasteiger charge is 2.37. The van der Waals surface area contributed by atoms with Crippen LogP contribution >= 0.6 is 11.6 Å². The minimum Gasteiger partial charge on any atom is -0.488 e. The fraction of sp³-hybridized carbons (Fsp3) is 0.458. The summed E-state index contributed by atoms with van der Waals surface area (Å²) < 4.78 is 42.7. The van der Waals surface area contributed by atoms with Gasteiger partial charge in [0.05, 0.1) is 54.6 Å². The van der Waals surface area contributed by atoms with Gasteiger partial charge in [-0.2, -0.15) is 5.10 Å². The third-order valence-corrected chi connectivity index (χ3v) is 7.33. The van der Waals surface area contributed by atoms with Crippen LogP contribution in [0.4, 0.5) is 8.78 Å². The van der Waals surface area contributed by atoms with Gasteiger partial charge in [-0.25, -0.2) is 27.9 Å². The molecular weight excluding hydrogens is 522 g/mol. The van der Waals surface area contributed by atoms with Crippen molar-refractivity contribution in [3.63, 3.8) is 0 Å². The van der Waals surface area contributed by atoms with E-state index >= 15 is 4.39 Å². The molecular formula is C24H25ClF2N8O3. The molecule has 2 aliphatic rings. The standard InChI is InChI=1S/C24H25ClF2N8O3/c1-13-22(31-32-35(13)19-2-3-33(9-18(19)27)16-10-37-11-16)14-4-21(23-17(25)7-30-34(23)8-14)38-12-20(36)24-28-5-15(26)6-29-24/h4-8,16,18-20,36H,2-3,9-12H2,1H3/t18-,19+,20?/m0/s1. The molecule has 0 saturated carbocycles. The second kappa shape index (κ2) is 10.1. The third-order valence-electron chi connectivity index (χ3n) is 7.06. The van der Waals surface area contributed by atoms with Gasteiger partial charge in [-0.1, -0.05) is 16.8 Å². The molecule has 0 amide bonds. The highest BCUT2D eigenvalue weighted by molar-refractivity contribution is 6.34. The van der Waals surface area contributed by atoms with E-state index in [-0.39, 0.29) is 12.4 Å². The summed E-state index contributed by atoms with van der Waals surface area (Å²) >= 11 is 6.35. The van der Waals surface area contributed by atoms with E-state index in [0.29, 0.717) is 65.5 Å². The van der Waals surface area contributed by atoms with E-state index in [1.54, 1.807) is 21.5 Å². The van der Waals surface area contributed by atoms with E-state index in [1.807, 2.05) is 6.92 Å². The summed E-state index contributed by atoms with van der Waals surface area (Å²) in [6, 6.07) is 1.59. The Morgan fingerprint density at radius 3 is 2.76 bits per heavy atom. The first-order chi connectivity index (χ1) is 18.4. The maximum absolute atomic E-state index is 15.2. The lowest BCUT2D eigenvalue weighted by atomic mass is 10.00. The summed E-state index contributed by atoms with van der Waals surface area (Å²) in [6.45, 7) is 4.05. The SMILES string of the molecule is Cc1c(-c2cc(OCC(O)c3ncc(F)cn3)c3c(Cl)cnn3c2)nnn1[C@@H]1CCN(C2COC2)C[C@@H]1F. The summed E-state index contributed by atoms with van der Waals surface area (Å²) in [4.78, 5) is 9.73. The maximum Gasteiger partial charge on any atom is 0.160 e. The molecule has 0 spiro atoms. The summed E-state index contributed by atoms with van der Waals surface area (Å²) in [5.74, 6) is -0.253. The first-order valence-electron chi connectivity index (χ1n) is 12.2. The Balaban J connectivity index is 1.25. The van der Waals surface area contributed by atoms with Crippen molar-refractivity contribution in [1.82, 2.24) is 39.5 Å². The molecule has 0 aromatic carbocycles. The van der Waals surface area contributed by atoms with Gasteiger partial charge in [0.25, 0.3) is 0 Å². The quantitative estimate of drug-likeness (QED) is 0.373. The number of likely N-dealkylation sites (tertiary alicyclic amines) is 1. The molecule has 0 aliphatic carbocycles. The molecule has 2 aliphatic heterocycles. The van der Waals surface area contributed by atoms with Crippen LogP contribution in [0.15, 0.2) is 30.9 Å². The van der Waals surface area contributed by atoms with Crippen LogP contribution in [-0.2, 0) is 4.74 Å². The molecule has 0 bridgehead atoms. The number of fused-ring (bicyclic) bond motifs is 1. The number of halogens is 3. The Hall–Kier alpha value is -3.26. The van der Waals surface area contributed by atoms with Gasteiger partial charge in [0.15, 0.2) is 11.6 Å². The van der Waals surface area contributed by atoms with E-state index in [2.05, 4.69) is 30.3 Å². The van der Waals surface area contributed by atoms with Crippen molar-refractivity contribution >= 4 is 17.1 Å². The number of aliphatic hydroxyl groups excluding tert-OH is 1. The van der Waals surface area contributed by atoms with Gasteiger partial charge in [0, 0.05) is 24.8 Å². The molecule has 0 radical (unpaired) electrons. The molecule has 11 nitrogen and oxygen atoms in total. The Kier molecular flexibility index (Phi) is 6.68. The van der Waals surface area contributed by atoms with Crippen molar-refractivity contribution in [3.05, 3.63) is 53.2 Å². The summed E-state index contributed by atoms with van der Waals surface area (Å²) in [5.41, 5.74) is 2.38. The second-order valence-electron chi connectivity index (χ2n) is 9.49. The van der Waals surface area contributed by atoms with Gasteiger partial charge < -0.3 is 14.6 Å². The topological polar surface area (TPSA) is 116 Å². The molecule has 6 heterocycles. The molecule has 38 heavy (non-hydrogen) atoms. The lowest BCUT2D eigenvalue weighted by Crippen LogP contribution is -2.55. The second-order valence-corrected chi connectivity index (χ2v) is 9.90. The number of nitrogens with zero attached hydrogens (tertiary/aromatic N) is 8. The number of pyridine rings is 1. The zero-order chi connectivity index (χ0) is 26.4. The van der Waals surface area contributed by atoms with Gasteiger partial charge in [-0.05, 0) is 19.4 Å². The smallest absolute Gasteiger partial charge is 0.160 e. The fourth-order valence-corrected chi connectivity index (χ4v) is 5.13. The van der Waals surface area contributed by atoms with E-state index in [9.17, 15) is 9.50 Å². The summed E-state index contributed by atoms with van der Waals surface area (Å²) in [5, 5.41) is 23.7. The van der Waals surface area contributed by atoms with E-state index in [0.717, 1.165) is 18.9 Å². The zero-order valence-electron chi connectivity index (χ0n) is 20.4. The Labute approximate surface area is 221 Å². The molecule has 14 heteroatoms. The van der Waals surface area contributed by atoms with Crippen molar-refractivity contribution < 1.29 is 23.4 Å². The molecule has 200 valence electrons. The molecule has 2 fully saturated rings. The van der Waals surface area contributed by atoms with Crippen molar-refractivity contribution in [2.24, 2.45) is 0 Å². The number of piperidine rings is 1. The van der Waals surface area contributed by atoms with Crippen LogP contribution in [-0.4, -0.2) is 89.7 Å². The highest BCUT2D eigenvalue weighted by atomic mass is 35.5. The Morgan fingerprint density at radius 2 is 2.05 bits per heavy atom. The monoisotopic (exact) mass is 546 g/mol. The van der Waals surface area contributed by atoms with Crippen LogP contribution in [0.1, 0.15) is 30.1 Å². The van der Waals surface area contributed by atoms with E-state index in [1.165, 1.54) is 6.20 Å². The summed E-state index contributed by atoms with van der Waals surface area (Å²) in [6.07, 6.45) is 3.48. The predicted octanol–water partition coefficient (Wildman–Crippen LogP) is 2.58. The number of aliphatic hydroxyl groups is 1. The Bertz CT molecular complexity index is 1440. The van der Waals surface area contributed by atoms with Crippen LogP contribution in [0.3, 0.4) is 0 Å². The number of rotatable bonds is 7. The molecule has 3 atom stereocenters. The van der Waals surface area contributed by atoms with Crippen molar-refractivity contribution in [1.29, 1.82) is 0 Å². The van der Waals surface area contributed by atoms with E-state index < -0.39 is 24.1 Å². The summed E-state index contributed by atoms with van der Waals surface area (Å²) in [7, 11) is 0. The highest BCUT2D eigenvalue weighted by Crippen LogP contribution is 2.35. The lowest BCUT2D eigenvalue weighted by Gasteiger charge is -2.42. The molecule has 6 rings (SSSR count). The zero-order valence-corrected chi connectivity index (χ0v) is 21.2. The van der Waals surface area contributed by atoms with Gasteiger partial charge in [-0.15, -0.1) is 5.10 Å². The molecule has 1 unspecified atom stereocenters. The third kappa shape index (κ3) is 4.59. The molecule has 4 aromatic heterocycles. The normalized spacial score (nSPS) is 21.5. The van der Waals surface area contributed by atoms with E-state index in [4.69, 9.17) is 21.1 Å². The molecule has 2 saturated heterocycles. The minimum atomic E-state index is -1.21. The number of ether oxygens (including phenoxy) is 2. The Morgan fingerprint density at radius 1 is 1.26 bits per heavy atom. The maximum atomic E-state index is 15.2. The molecule has 4 aromatic rings. The van der Waals surface area contributed by atoms with Crippen LogP contribution in [0.5, 0.6) is 5.75 Å². The number of hydrogen-bond acceptors (Lipinski definition) is 9. The number of aromatic nitrogens is 7. The van der Waals surface area contributed by atoms with Gasteiger partial charge in [0.1, 0.15) is 35.8 Å². The van der Waals surface area contributed by atoms with Gasteiger partial charge in [-0.3, -0.25) is 4.90 Å². The van der Waals surface area contributed by atoms with Crippen molar-refractivity contribution in [2.45, 2.75) is 37.7 Å². The number of alkyl halides is 1. The average molecular weight is 547 g/mol. The average Bonchev–Trinajstić information content (AvgIpc) is 3.44. The van der Waals surface area contributed by atoms with Crippen LogP contribution < -0.4 is 4.74 Å². The first kappa shape index (κ1) is 25.0. The predicted molar refractivity (Wildman–Crippen MR) is 131 cm³/mol. The van der Waals surface area contributed by atoms with Gasteiger partial charge in [0.2, 0.25) is 0 Å². The largest absolute Gasteiger partial charge is 0.488 e. The fourth-order valence-electron chi connectivity index (χ4n) is 4.91. The van der Waals surface area contributed by atoms with Crippen molar-refractivity contribution in [3.8, 4) is 17.0 Å². The minimum absolute atomic E-state index is 0.0219. The van der Waals surface area contributed by atoms with Crippen LogP contribution in [0.25, 0.3) is 16.8 Å². The van der Waals surface area contributed by atoms with Gasteiger partial charge >= 0.3 is 0 Å². The van der Waals surface area contributed by atoms with Crippen LogP contribution in [0.2, 0.25) is 5.02 Å². The molecule has 1 N–H and O–H groups in total. The number of hydrogen-bond donors (Lipinski definition) is 1. The lowest BCUT2D eigenvalue weighted by molar-refractivity contribution is -0.0849. The van der Waals surface area contributed by atoms with Crippen LogP contribution in [0, 0.1) is 12.7 Å².